The van der Waals surface area contributed by atoms with Crippen molar-refractivity contribution in [2.24, 2.45) is 5.16 Å². The number of carbonyl (C=O) groups excluding carboxylic acids is 1. The highest BCUT2D eigenvalue weighted by Gasteiger charge is 2.17. The SMILES string of the molecule is CO/C=C(\C(=O)OC)c1ccccc1COc1cc(C)c(/C=N/OCCN2CCCC2)cc1C. The van der Waals surface area contributed by atoms with Crippen molar-refractivity contribution in [2.45, 2.75) is 33.3 Å². The molecule has 7 heteroatoms. The molecule has 0 amide bonds. The number of ether oxygens (including phenoxy) is 3. The standard InChI is InChI=1S/C27H34N2O5/c1-20-16-26(21(2)15-23(20)17-28-34-14-13-29-11-7-8-12-29)33-18-22-9-5-6-10-24(22)25(19-31-3)27(30)32-4/h5-6,9-10,15-17,19H,7-8,11-14,18H2,1-4H3/b25-19-,28-17+. The van der Waals surface area contributed by atoms with Gasteiger partial charge in [0.15, 0.2) is 0 Å². The molecule has 0 radical (unpaired) electrons. The first-order valence-corrected chi connectivity index (χ1v) is 11.5. The average Bonchev–Trinajstić information content (AvgIpc) is 3.36. The van der Waals surface area contributed by atoms with E-state index in [1.54, 1.807) is 6.21 Å². The van der Waals surface area contributed by atoms with Crippen molar-refractivity contribution in [1.29, 1.82) is 0 Å². The molecule has 7 nitrogen and oxygen atoms in total. The van der Waals surface area contributed by atoms with E-state index in [0.717, 1.165) is 47.6 Å². The second-order valence-corrected chi connectivity index (χ2v) is 8.30. The summed E-state index contributed by atoms with van der Waals surface area (Å²) in [7, 11) is 2.85. The van der Waals surface area contributed by atoms with Gasteiger partial charge in [0, 0.05) is 6.54 Å². The number of esters is 1. The van der Waals surface area contributed by atoms with Crippen LogP contribution in [0.1, 0.15) is 40.7 Å². The molecule has 0 aromatic heterocycles. The Kier molecular flexibility index (Phi) is 9.52. The predicted molar refractivity (Wildman–Crippen MR) is 133 cm³/mol. The van der Waals surface area contributed by atoms with E-state index >= 15 is 0 Å². The molecular formula is C27H34N2O5. The Morgan fingerprint density at radius 1 is 1.09 bits per heavy atom. The van der Waals surface area contributed by atoms with Crippen molar-refractivity contribution in [1.82, 2.24) is 4.90 Å². The van der Waals surface area contributed by atoms with Crippen molar-refractivity contribution in [3.05, 3.63) is 70.5 Å². The lowest BCUT2D eigenvalue weighted by Crippen LogP contribution is -2.23. The number of carbonyl (C=O) groups is 1. The van der Waals surface area contributed by atoms with E-state index in [-0.39, 0.29) is 0 Å². The van der Waals surface area contributed by atoms with Crippen LogP contribution in [-0.2, 0) is 25.7 Å². The first-order chi connectivity index (χ1) is 16.5. The Labute approximate surface area is 201 Å². The Bertz CT molecular complexity index is 1030. The first-order valence-electron chi connectivity index (χ1n) is 11.5. The van der Waals surface area contributed by atoms with Crippen molar-refractivity contribution in [3.63, 3.8) is 0 Å². The second kappa shape index (κ2) is 12.8. The number of benzene rings is 2. The van der Waals surface area contributed by atoms with Gasteiger partial charge in [0.1, 0.15) is 24.5 Å². The minimum Gasteiger partial charge on any atom is -0.503 e. The van der Waals surface area contributed by atoms with Crippen LogP contribution in [0.25, 0.3) is 5.57 Å². The van der Waals surface area contributed by atoms with E-state index < -0.39 is 5.97 Å². The van der Waals surface area contributed by atoms with Crippen LogP contribution in [0.5, 0.6) is 5.75 Å². The summed E-state index contributed by atoms with van der Waals surface area (Å²) in [5.74, 6) is 0.308. The summed E-state index contributed by atoms with van der Waals surface area (Å²) >= 11 is 0. The molecule has 1 fully saturated rings. The zero-order valence-electron chi connectivity index (χ0n) is 20.5. The molecule has 1 heterocycles. The highest BCUT2D eigenvalue weighted by molar-refractivity contribution is 6.16. The summed E-state index contributed by atoms with van der Waals surface area (Å²) < 4.78 is 16.1. The van der Waals surface area contributed by atoms with E-state index in [4.69, 9.17) is 19.0 Å². The van der Waals surface area contributed by atoms with Gasteiger partial charge in [-0.2, -0.15) is 0 Å². The van der Waals surface area contributed by atoms with Gasteiger partial charge in [-0.3, -0.25) is 4.90 Å². The molecule has 182 valence electrons. The van der Waals surface area contributed by atoms with Crippen molar-refractivity contribution >= 4 is 17.8 Å². The van der Waals surface area contributed by atoms with Gasteiger partial charge in [-0.1, -0.05) is 29.4 Å². The Balaban J connectivity index is 1.64. The maximum Gasteiger partial charge on any atom is 0.341 e. The monoisotopic (exact) mass is 466 g/mol. The highest BCUT2D eigenvalue weighted by Crippen LogP contribution is 2.26. The average molecular weight is 467 g/mol. The van der Waals surface area contributed by atoms with Gasteiger partial charge in [-0.05, 0) is 79.7 Å². The summed E-state index contributed by atoms with van der Waals surface area (Å²) in [5, 5.41) is 4.15. The second-order valence-electron chi connectivity index (χ2n) is 8.30. The van der Waals surface area contributed by atoms with Gasteiger partial charge in [0.25, 0.3) is 0 Å². The molecule has 0 N–H and O–H groups in total. The number of methoxy groups -OCH3 is 2. The summed E-state index contributed by atoms with van der Waals surface area (Å²) in [6.45, 7) is 8.13. The quantitative estimate of drug-likeness (QED) is 0.121. The van der Waals surface area contributed by atoms with Gasteiger partial charge in [0.05, 0.1) is 26.7 Å². The molecule has 0 unspecified atom stereocenters. The van der Waals surface area contributed by atoms with Crippen molar-refractivity contribution < 1.29 is 23.8 Å². The lowest BCUT2D eigenvalue weighted by Gasteiger charge is -2.15. The Morgan fingerprint density at radius 3 is 2.59 bits per heavy atom. The number of oxime groups is 1. The molecule has 1 saturated heterocycles. The first kappa shape index (κ1) is 25.3. The predicted octanol–water partition coefficient (Wildman–Crippen LogP) is 4.49. The number of aryl methyl sites for hydroxylation is 2. The van der Waals surface area contributed by atoms with E-state index in [1.165, 1.54) is 33.3 Å². The van der Waals surface area contributed by atoms with Gasteiger partial charge >= 0.3 is 5.97 Å². The molecule has 3 rings (SSSR count). The van der Waals surface area contributed by atoms with Crippen LogP contribution in [0.4, 0.5) is 0 Å². The third-order valence-corrected chi connectivity index (χ3v) is 5.86. The fourth-order valence-electron chi connectivity index (χ4n) is 3.94. The summed E-state index contributed by atoms with van der Waals surface area (Å²) in [6, 6.07) is 11.6. The summed E-state index contributed by atoms with van der Waals surface area (Å²) in [6.07, 6.45) is 5.70. The molecule has 0 atom stereocenters. The maximum absolute atomic E-state index is 12.2. The number of hydrogen-bond acceptors (Lipinski definition) is 7. The molecule has 0 spiro atoms. The minimum absolute atomic E-state index is 0.293. The van der Waals surface area contributed by atoms with Crippen LogP contribution in [0.3, 0.4) is 0 Å². The highest BCUT2D eigenvalue weighted by atomic mass is 16.6. The van der Waals surface area contributed by atoms with Crippen LogP contribution < -0.4 is 4.74 Å². The topological polar surface area (TPSA) is 69.6 Å². The van der Waals surface area contributed by atoms with Crippen LogP contribution in [0.2, 0.25) is 0 Å². The number of rotatable bonds is 11. The third kappa shape index (κ3) is 6.84. The lowest BCUT2D eigenvalue weighted by molar-refractivity contribution is -0.133. The van der Waals surface area contributed by atoms with Gasteiger partial charge < -0.3 is 19.0 Å². The molecule has 2 aromatic carbocycles. The van der Waals surface area contributed by atoms with Gasteiger partial charge in [-0.15, -0.1) is 0 Å². The molecule has 34 heavy (non-hydrogen) atoms. The number of hydrogen-bond donors (Lipinski definition) is 0. The maximum atomic E-state index is 12.2. The Morgan fingerprint density at radius 2 is 1.85 bits per heavy atom. The normalized spacial score (nSPS) is 14.4. The lowest BCUT2D eigenvalue weighted by atomic mass is 10.0. The van der Waals surface area contributed by atoms with E-state index in [9.17, 15) is 4.79 Å². The Hall–Kier alpha value is -3.32. The van der Waals surface area contributed by atoms with E-state index in [0.29, 0.717) is 24.4 Å². The molecule has 0 bridgehead atoms. The molecule has 0 saturated carbocycles. The fraction of sp³-hybridized carbons (Fsp3) is 0.407. The fourth-order valence-corrected chi connectivity index (χ4v) is 3.94. The van der Waals surface area contributed by atoms with E-state index in [1.807, 2.05) is 50.2 Å². The molecule has 2 aromatic rings. The van der Waals surface area contributed by atoms with Crippen molar-refractivity contribution in [3.8, 4) is 5.75 Å². The van der Waals surface area contributed by atoms with E-state index in [2.05, 4.69) is 10.1 Å². The van der Waals surface area contributed by atoms with Crippen LogP contribution in [0, 0.1) is 13.8 Å². The third-order valence-electron chi connectivity index (χ3n) is 5.86. The molecular weight excluding hydrogens is 432 g/mol. The summed E-state index contributed by atoms with van der Waals surface area (Å²) in [5.41, 5.74) is 4.92. The minimum atomic E-state index is -0.465. The number of likely N-dealkylation sites (tertiary alicyclic amines) is 1. The largest absolute Gasteiger partial charge is 0.503 e. The number of nitrogens with zero attached hydrogens (tertiary/aromatic N) is 2. The van der Waals surface area contributed by atoms with Crippen LogP contribution >= 0.6 is 0 Å². The van der Waals surface area contributed by atoms with Crippen molar-refractivity contribution in [2.75, 3.05) is 40.5 Å². The van der Waals surface area contributed by atoms with Crippen LogP contribution in [-0.4, -0.2) is 57.5 Å². The molecule has 1 aliphatic rings. The summed E-state index contributed by atoms with van der Waals surface area (Å²) in [4.78, 5) is 20.1. The van der Waals surface area contributed by atoms with Gasteiger partial charge in [-0.25, -0.2) is 4.79 Å². The zero-order chi connectivity index (χ0) is 24.3. The van der Waals surface area contributed by atoms with Gasteiger partial charge in [0.2, 0.25) is 0 Å². The smallest absolute Gasteiger partial charge is 0.341 e. The zero-order valence-corrected chi connectivity index (χ0v) is 20.5. The molecule has 0 aliphatic carbocycles. The molecule has 1 aliphatic heterocycles. The van der Waals surface area contributed by atoms with Crippen LogP contribution in [0.15, 0.2) is 47.8 Å².